The van der Waals surface area contributed by atoms with Crippen molar-refractivity contribution >= 4 is 33.4 Å². The number of aromatic nitrogens is 12. The first-order valence-electron chi connectivity index (χ1n) is 37.6. The van der Waals surface area contributed by atoms with Crippen molar-refractivity contribution in [1.82, 2.24) is 59.8 Å². The highest BCUT2D eigenvalue weighted by molar-refractivity contribution is 8.03. The molecule has 0 fully saturated rings. The van der Waals surface area contributed by atoms with Crippen LogP contribution in [0.15, 0.2) is 301 Å². The minimum atomic E-state index is -5.49. The molecule has 0 unspecified atom stereocenters. The van der Waals surface area contributed by atoms with Crippen molar-refractivity contribution in [3.05, 3.63) is 302 Å². The summed E-state index contributed by atoms with van der Waals surface area (Å²) in [5, 5.41) is 52.8. The second-order valence-corrected chi connectivity index (χ2v) is 29.4. The monoisotopic (exact) mass is 1710 g/mol. The Morgan fingerprint density at radius 3 is 0.856 bits per heavy atom. The van der Waals surface area contributed by atoms with Crippen LogP contribution in [0.2, 0.25) is 0 Å². The predicted molar refractivity (Wildman–Crippen MR) is 463 cm³/mol. The molecule has 0 atom stereocenters. The molecule has 12 aromatic carbocycles. The third-order valence-electron chi connectivity index (χ3n) is 18.5. The van der Waals surface area contributed by atoms with E-state index in [1.807, 2.05) is 121 Å². The first-order chi connectivity index (χ1) is 60.4. The Morgan fingerprint density at radius 1 is 0.328 bits per heavy atom. The Balaban J connectivity index is 0.000000143. The normalized spacial score (nSPS) is 10.9. The van der Waals surface area contributed by atoms with Gasteiger partial charge in [-0.2, -0.15) is 18.4 Å². The molecule has 26 nitrogen and oxygen atoms in total. The lowest BCUT2D eigenvalue weighted by Gasteiger charge is -2.11. The third-order valence-corrected chi connectivity index (χ3v) is 20.6. The van der Waals surface area contributed by atoms with Gasteiger partial charge < -0.3 is 44.1 Å². The van der Waals surface area contributed by atoms with E-state index in [1.165, 1.54) is 78.9 Å². The number of benzene rings is 12. The van der Waals surface area contributed by atoms with E-state index in [-0.39, 0.29) is 57.4 Å². The highest BCUT2D eigenvalue weighted by Gasteiger charge is 2.47. The Morgan fingerprint density at radius 2 is 0.592 bits per heavy atom. The van der Waals surface area contributed by atoms with Crippen molar-refractivity contribution in [3.63, 3.8) is 0 Å². The molecular weight excluding hydrogens is 1640 g/mol. The van der Waals surface area contributed by atoms with Crippen LogP contribution in [-0.2, 0) is 14.6 Å². The van der Waals surface area contributed by atoms with Crippen molar-refractivity contribution in [2.75, 3.05) is 35.5 Å². The minimum Gasteiger partial charge on any atom is -0.507 e. The average Bonchev–Trinajstić information content (AvgIpc) is 0.744. The lowest BCUT2D eigenvalue weighted by molar-refractivity contribution is -0.0436. The van der Waals surface area contributed by atoms with E-state index in [0.29, 0.717) is 114 Å². The van der Waals surface area contributed by atoms with Gasteiger partial charge in [0.2, 0.25) is 0 Å². The Hall–Kier alpha value is -16.2. The van der Waals surface area contributed by atoms with E-state index >= 15 is 0 Å². The summed E-state index contributed by atoms with van der Waals surface area (Å²) in [6.45, 7) is 1.52. The van der Waals surface area contributed by atoms with Gasteiger partial charge in [0.1, 0.15) is 51.4 Å². The number of methoxy groups -OCH3 is 5. The van der Waals surface area contributed by atoms with E-state index in [1.54, 1.807) is 121 Å². The van der Waals surface area contributed by atoms with E-state index in [2.05, 4.69) is 65.2 Å². The summed E-state index contributed by atoms with van der Waals surface area (Å²) in [6.07, 6.45) is 0. The van der Waals surface area contributed by atoms with Crippen LogP contribution < -0.4 is 18.9 Å². The van der Waals surface area contributed by atoms with E-state index in [9.17, 15) is 51.6 Å². The van der Waals surface area contributed by atoms with Crippen LogP contribution in [0, 0.1) is 10.7 Å². The zero-order chi connectivity index (χ0) is 88.3. The fraction of sp³-hybridized carbons (Fsp3) is 0.0745. The first kappa shape index (κ1) is 86.6. The van der Waals surface area contributed by atoms with Gasteiger partial charge in [0.25, 0.3) is 9.84 Å². The van der Waals surface area contributed by atoms with Crippen LogP contribution in [0.25, 0.3) is 137 Å². The molecular formula is C94H70F3N13O13S2. The lowest BCUT2D eigenvalue weighted by atomic mass is 10.1. The number of thiocyanates is 1. The molecule has 0 saturated carbocycles. The van der Waals surface area contributed by atoms with Crippen molar-refractivity contribution in [2.24, 2.45) is 0 Å². The summed E-state index contributed by atoms with van der Waals surface area (Å²) in [6, 6.07) is 82.3. The van der Waals surface area contributed by atoms with Crippen LogP contribution >= 0.6 is 11.8 Å². The Kier molecular flexibility index (Phi) is 27.3. The van der Waals surface area contributed by atoms with Crippen LogP contribution in [0.3, 0.4) is 0 Å². The van der Waals surface area contributed by atoms with Gasteiger partial charge >= 0.3 is 11.5 Å². The quantitative estimate of drug-likeness (QED) is 0.0238. The molecule has 16 rings (SSSR count). The number of hydrogen-bond acceptors (Lipinski definition) is 27. The molecule has 0 amide bonds. The van der Waals surface area contributed by atoms with Crippen LogP contribution in [0.1, 0.15) is 27.6 Å². The number of ether oxygens (including phenoxy) is 5. The number of alkyl halides is 3. The third kappa shape index (κ3) is 21.0. The zero-order valence-corrected chi connectivity index (χ0v) is 68.6. The van der Waals surface area contributed by atoms with Crippen molar-refractivity contribution in [3.8, 4) is 188 Å². The van der Waals surface area contributed by atoms with Gasteiger partial charge in [0, 0.05) is 79.2 Å². The summed E-state index contributed by atoms with van der Waals surface area (Å²) in [5.74, 6) is 5.57. The SMILES string of the molecule is COC(=O)c1cccc(-c2nc(-c3ccccc3)nc(-c3ccc(OC)cc3O)n2)c1.COc1ccc(-c2nc(-c3ccccc3)nc(-c3ccc(C(C)=O)cc3)n2)c(O)c1.COc1ccc(-c2nc(-c3ccccc3)nc(-c3ccc(S(=O)(=O)C(F)(F)F)cc3)n2)c(O)c1.COc1ccc(-c2nc(-c3ccccc3)nc(-c3ccc(SC#N)cc3)n2)c(O)c1. The highest BCUT2D eigenvalue weighted by atomic mass is 32.2. The molecule has 0 bridgehead atoms. The van der Waals surface area contributed by atoms with Gasteiger partial charge in [0.15, 0.2) is 75.7 Å². The number of Topliss-reactive ketones (excluding diaryl/α,β-unsaturated/α-hetero) is 1. The molecule has 0 aliphatic rings. The number of phenolic OH excluding ortho intramolecular Hbond substituents is 4. The topological polar surface area (TPSA) is 374 Å². The van der Waals surface area contributed by atoms with Gasteiger partial charge in [-0.3, -0.25) is 4.79 Å². The van der Waals surface area contributed by atoms with E-state index in [4.69, 9.17) is 28.9 Å². The standard InChI is InChI=1S/C24H19N3O4.C24H19N3O3.C23H16F3N3O4S.C23H16N4O2S/c1-30-18-11-12-19(20(28)14-18)23-26-21(15-7-4-3-5-8-15)25-22(27-23)16-9-6-10-17(13-16)24(29)31-2;1-15(28)16-8-10-18(11-9-16)23-25-22(17-6-4-3-5-7-17)26-24(27-23)20-13-12-19(30-2)14-21(20)29;1-33-16-9-12-18(19(30)13-16)22-28-20(14-5-3-2-4-6-14)27-21(29-22)15-7-10-17(11-8-15)34(31,32)23(24,25)26;1-29-17-9-12-19(20(28)13-17)23-26-21(15-5-3-2-4-6-15)25-22(27-23)16-7-10-18(11-8-16)30-14-24/h3-14,28H,1-2H3;3-14,29H,1-2H3;2-13,30H,1H3;2-13,28H,1H3. The number of ketones is 1. The fourth-order valence-corrected chi connectivity index (χ4v) is 13.2. The van der Waals surface area contributed by atoms with Gasteiger partial charge in [-0.25, -0.2) is 73.0 Å². The van der Waals surface area contributed by atoms with Gasteiger partial charge in [0.05, 0.1) is 68.3 Å². The molecule has 4 N–H and O–H groups in total. The van der Waals surface area contributed by atoms with E-state index < -0.39 is 26.2 Å². The molecule has 0 saturated heterocycles. The van der Waals surface area contributed by atoms with Gasteiger partial charge in [-0.05, 0) is 116 Å². The minimum absolute atomic E-state index is 0.00832. The molecule has 31 heteroatoms. The number of hydrogen-bond donors (Lipinski definition) is 4. The molecule has 4 aromatic heterocycles. The summed E-state index contributed by atoms with van der Waals surface area (Å²) >= 11 is 1.09. The zero-order valence-electron chi connectivity index (χ0n) is 66.9. The number of rotatable bonds is 20. The highest BCUT2D eigenvalue weighted by Crippen LogP contribution is 2.40. The first-order valence-corrected chi connectivity index (χ1v) is 39.9. The summed E-state index contributed by atoms with van der Waals surface area (Å²) in [4.78, 5) is 78.1. The number of halogens is 3. The number of carbonyl (C=O) groups excluding carboxylic acids is 2. The molecule has 0 aliphatic heterocycles. The number of aromatic hydroxyl groups is 4. The maximum Gasteiger partial charge on any atom is 0.501 e. The van der Waals surface area contributed by atoms with Gasteiger partial charge in [-0.15, -0.1) is 0 Å². The maximum absolute atomic E-state index is 12.9. The van der Waals surface area contributed by atoms with Crippen molar-refractivity contribution in [2.45, 2.75) is 22.2 Å². The molecule has 0 spiro atoms. The van der Waals surface area contributed by atoms with Crippen molar-refractivity contribution in [1.29, 1.82) is 5.26 Å². The Bertz CT molecular complexity index is 6740. The second-order valence-electron chi connectivity index (χ2n) is 26.6. The summed E-state index contributed by atoms with van der Waals surface area (Å²) in [7, 11) is 1.89. The van der Waals surface area contributed by atoms with E-state index in [0.717, 1.165) is 56.6 Å². The molecule has 125 heavy (non-hydrogen) atoms. The van der Waals surface area contributed by atoms with Gasteiger partial charge in [-0.1, -0.05) is 170 Å². The predicted octanol–water partition coefficient (Wildman–Crippen LogP) is 19.2. The number of nitrogens with zero attached hydrogens (tertiary/aromatic N) is 13. The summed E-state index contributed by atoms with van der Waals surface area (Å²) in [5.41, 5.74) is 2.76. The molecule has 0 radical (unpaired) electrons. The van der Waals surface area contributed by atoms with Crippen molar-refractivity contribution < 1.29 is 75.3 Å². The smallest absolute Gasteiger partial charge is 0.501 e. The maximum atomic E-state index is 12.9. The molecule has 622 valence electrons. The number of carbonyl (C=O) groups is 2. The lowest BCUT2D eigenvalue weighted by Crippen LogP contribution is -2.23. The number of sulfone groups is 1. The molecule has 16 aromatic rings. The number of nitriles is 1. The van der Waals surface area contributed by atoms with Crippen LogP contribution in [0.5, 0.6) is 46.0 Å². The number of thioether (sulfide) groups is 1. The fourth-order valence-electron chi connectivity index (χ4n) is 12.1. The summed E-state index contributed by atoms with van der Waals surface area (Å²) < 4.78 is 87.3. The van der Waals surface area contributed by atoms with Crippen LogP contribution in [0.4, 0.5) is 13.2 Å². The van der Waals surface area contributed by atoms with Crippen LogP contribution in [-0.4, -0.2) is 141 Å². The second kappa shape index (κ2) is 39.3. The Labute approximate surface area is 717 Å². The molecule has 4 heterocycles. The average molecular weight is 1710 g/mol. The number of phenols is 4. The largest absolute Gasteiger partial charge is 0.507 e. The molecule has 0 aliphatic carbocycles. The number of esters is 1.